The summed E-state index contributed by atoms with van der Waals surface area (Å²) in [4.78, 5) is 13.8. The largest absolute Gasteiger partial charge is 0.494 e. The van der Waals surface area contributed by atoms with Crippen LogP contribution in [0.4, 0.5) is 22.0 Å². The van der Waals surface area contributed by atoms with Gasteiger partial charge < -0.3 is 15.0 Å². The molecule has 1 aromatic heterocycles. The zero-order chi connectivity index (χ0) is 14.7. The summed E-state index contributed by atoms with van der Waals surface area (Å²) in [7, 11) is 4.97. The molecule has 0 radical (unpaired) electrons. The monoisotopic (exact) mass is 297 g/mol. The SMILES string of the molecule is COc1cc(Nc2nc(Cl)nc(N(C)C)n2)ccc1F. The van der Waals surface area contributed by atoms with Crippen molar-refractivity contribution in [2.75, 3.05) is 31.4 Å². The van der Waals surface area contributed by atoms with E-state index >= 15 is 0 Å². The van der Waals surface area contributed by atoms with Crippen molar-refractivity contribution < 1.29 is 9.13 Å². The highest BCUT2D eigenvalue weighted by Crippen LogP contribution is 2.23. The topological polar surface area (TPSA) is 63.2 Å². The second-order valence-corrected chi connectivity index (χ2v) is 4.43. The molecule has 2 aromatic rings. The molecule has 20 heavy (non-hydrogen) atoms. The second kappa shape index (κ2) is 5.87. The minimum Gasteiger partial charge on any atom is -0.494 e. The lowest BCUT2D eigenvalue weighted by Gasteiger charge is -2.12. The summed E-state index contributed by atoms with van der Waals surface area (Å²) in [6.07, 6.45) is 0. The average molecular weight is 298 g/mol. The normalized spacial score (nSPS) is 10.2. The molecular formula is C12H13ClFN5O. The van der Waals surface area contributed by atoms with Crippen LogP contribution in [0.3, 0.4) is 0 Å². The molecule has 0 saturated carbocycles. The lowest BCUT2D eigenvalue weighted by Crippen LogP contribution is -2.14. The van der Waals surface area contributed by atoms with Crippen molar-refractivity contribution in [3.8, 4) is 5.75 Å². The van der Waals surface area contributed by atoms with Crippen LogP contribution in [0.5, 0.6) is 5.75 Å². The van der Waals surface area contributed by atoms with Crippen molar-refractivity contribution in [1.29, 1.82) is 0 Å². The third-order valence-corrected chi connectivity index (χ3v) is 2.57. The van der Waals surface area contributed by atoms with E-state index in [-0.39, 0.29) is 17.0 Å². The predicted molar refractivity (Wildman–Crippen MR) is 75.4 cm³/mol. The van der Waals surface area contributed by atoms with Gasteiger partial charge in [-0.15, -0.1) is 0 Å². The zero-order valence-corrected chi connectivity index (χ0v) is 11.9. The second-order valence-electron chi connectivity index (χ2n) is 4.10. The molecule has 0 amide bonds. The Kier molecular flexibility index (Phi) is 4.19. The maximum absolute atomic E-state index is 13.3. The van der Waals surface area contributed by atoms with E-state index in [1.54, 1.807) is 25.1 Å². The van der Waals surface area contributed by atoms with Gasteiger partial charge in [0.05, 0.1) is 7.11 Å². The first-order valence-electron chi connectivity index (χ1n) is 5.69. The van der Waals surface area contributed by atoms with Gasteiger partial charge in [0, 0.05) is 25.8 Å². The van der Waals surface area contributed by atoms with Crippen LogP contribution in [0.25, 0.3) is 0 Å². The van der Waals surface area contributed by atoms with Gasteiger partial charge in [-0.1, -0.05) is 0 Å². The summed E-state index contributed by atoms with van der Waals surface area (Å²) in [5.41, 5.74) is 0.579. The molecule has 1 N–H and O–H groups in total. The number of hydrogen-bond acceptors (Lipinski definition) is 6. The third kappa shape index (κ3) is 3.24. The van der Waals surface area contributed by atoms with Crippen LogP contribution in [-0.4, -0.2) is 36.2 Å². The minimum atomic E-state index is -0.444. The number of ether oxygens (including phenoxy) is 1. The highest BCUT2D eigenvalue weighted by Gasteiger charge is 2.08. The van der Waals surface area contributed by atoms with Gasteiger partial charge in [0.15, 0.2) is 11.6 Å². The molecule has 0 fully saturated rings. The summed E-state index contributed by atoms with van der Waals surface area (Å²) in [5.74, 6) is 0.368. The van der Waals surface area contributed by atoms with Crippen molar-refractivity contribution in [2.45, 2.75) is 0 Å². The van der Waals surface area contributed by atoms with Crippen molar-refractivity contribution >= 4 is 29.2 Å². The van der Waals surface area contributed by atoms with Gasteiger partial charge >= 0.3 is 0 Å². The van der Waals surface area contributed by atoms with Crippen LogP contribution in [0.15, 0.2) is 18.2 Å². The first-order valence-corrected chi connectivity index (χ1v) is 6.07. The molecule has 0 aliphatic heterocycles. The maximum Gasteiger partial charge on any atom is 0.233 e. The molecule has 0 atom stereocenters. The lowest BCUT2D eigenvalue weighted by molar-refractivity contribution is 0.387. The minimum absolute atomic E-state index is 0.0697. The van der Waals surface area contributed by atoms with E-state index in [0.717, 1.165) is 0 Å². The standard InChI is InChI=1S/C12H13ClFN5O/c1-19(2)12-17-10(13)16-11(18-12)15-7-4-5-8(14)9(6-7)20-3/h4-6H,1-3H3,(H,15,16,17,18). The molecule has 8 heteroatoms. The van der Waals surface area contributed by atoms with Crippen molar-refractivity contribution in [2.24, 2.45) is 0 Å². The van der Waals surface area contributed by atoms with Gasteiger partial charge in [0.25, 0.3) is 0 Å². The fourth-order valence-corrected chi connectivity index (χ4v) is 1.62. The van der Waals surface area contributed by atoms with E-state index in [9.17, 15) is 4.39 Å². The highest BCUT2D eigenvalue weighted by atomic mass is 35.5. The molecule has 0 bridgehead atoms. The van der Waals surface area contributed by atoms with Crippen LogP contribution in [-0.2, 0) is 0 Å². The van der Waals surface area contributed by atoms with E-state index in [0.29, 0.717) is 11.6 Å². The summed E-state index contributed by atoms with van der Waals surface area (Å²) < 4.78 is 18.2. The van der Waals surface area contributed by atoms with Crippen molar-refractivity contribution in [1.82, 2.24) is 15.0 Å². The number of aromatic nitrogens is 3. The number of halogens is 2. The maximum atomic E-state index is 13.3. The van der Waals surface area contributed by atoms with Gasteiger partial charge in [-0.3, -0.25) is 0 Å². The molecule has 6 nitrogen and oxygen atoms in total. The van der Waals surface area contributed by atoms with E-state index in [4.69, 9.17) is 16.3 Å². The first kappa shape index (κ1) is 14.3. The average Bonchev–Trinajstić information content (AvgIpc) is 2.40. The Labute approximate surface area is 120 Å². The van der Waals surface area contributed by atoms with E-state index in [2.05, 4.69) is 20.3 Å². The van der Waals surface area contributed by atoms with Crippen LogP contribution < -0.4 is 15.0 Å². The Morgan fingerprint density at radius 2 is 2.00 bits per heavy atom. The number of hydrogen-bond donors (Lipinski definition) is 1. The van der Waals surface area contributed by atoms with Crippen LogP contribution in [0.1, 0.15) is 0 Å². The molecule has 0 unspecified atom stereocenters. The molecule has 0 saturated heterocycles. The number of benzene rings is 1. The zero-order valence-electron chi connectivity index (χ0n) is 11.2. The Bertz CT molecular complexity index is 623. The summed E-state index contributed by atoms with van der Waals surface area (Å²) in [5, 5.41) is 2.99. The van der Waals surface area contributed by atoms with Crippen LogP contribution >= 0.6 is 11.6 Å². The summed E-state index contributed by atoms with van der Waals surface area (Å²) in [6.45, 7) is 0. The Morgan fingerprint density at radius 3 is 2.65 bits per heavy atom. The highest BCUT2D eigenvalue weighted by molar-refractivity contribution is 6.28. The number of nitrogens with zero attached hydrogens (tertiary/aromatic N) is 4. The molecule has 0 aliphatic rings. The summed E-state index contributed by atoms with van der Waals surface area (Å²) in [6, 6.07) is 4.34. The molecule has 0 spiro atoms. The van der Waals surface area contributed by atoms with Gasteiger partial charge in [-0.25, -0.2) is 4.39 Å². The summed E-state index contributed by atoms with van der Waals surface area (Å²) >= 11 is 5.83. The van der Waals surface area contributed by atoms with E-state index in [1.165, 1.54) is 19.2 Å². The van der Waals surface area contributed by atoms with Gasteiger partial charge in [0.1, 0.15) is 0 Å². The van der Waals surface area contributed by atoms with Crippen LogP contribution in [0.2, 0.25) is 5.28 Å². The van der Waals surface area contributed by atoms with Gasteiger partial charge in [0.2, 0.25) is 17.2 Å². The smallest absolute Gasteiger partial charge is 0.233 e. The fraction of sp³-hybridized carbons (Fsp3) is 0.250. The third-order valence-electron chi connectivity index (χ3n) is 2.40. The van der Waals surface area contributed by atoms with Gasteiger partial charge in [-0.2, -0.15) is 15.0 Å². The lowest BCUT2D eigenvalue weighted by atomic mass is 10.3. The molecular weight excluding hydrogens is 285 g/mol. The Balaban J connectivity index is 2.30. The molecule has 106 valence electrons. The van der Waals surface area contributed by atoms with E-state index in [1.807, 2.05) is 0 Å². The number of anilines is 3. The quantitative estimate of drug-likeness (QED) is 0.935. The van der Waals surface area contributed by atoms with Crippen molar-refractivity contribution in [3.63, 3.8) is 0 Å². The fourth-order valence-electron chi connectivity index (χ4n) is 1.46. The Hall–Kier alpha value is -2.15. The molecule has 1 aromatic carbocycles. The number of rotatable bonds is 4. The molecule has 2 rings (SSSR count). The van der Waals surface area contributed by atoms with Gasteiger partial charge in [-0.05, 0) is 23.7 Å². The predicted octanol–water partition coefficient (Wildman–Crippen LogP) is 2.48. The first-order chi connectivity index (χ1) is 9.49. The molecule has 0 aliphatic carbocycles. The Morgan fingerprint density at radius 1 is 1.25 bits per heavy atom. The number of methoxy groups -OCH3 is 1. The van der Waals surface area contributed by atoms with E-state index < -0.39 is 5.82 Å². The van der Waals surface area contributed by atoms with Crippen LogP contribution in [0, 0.1) is 5.82 Å². The van der Waals surface area contributed by atoms with Crippen molar-refractivity contribution in [3.05, 3.63) is 29.3 Å². The number of nitrogens with one attached hydrogen (secondary N) is 1. The molecule has 1 heterocycles.